The molecular weight excluding hydrogens is 374 g/mol. The highest BCUT2D eigenvalue weighted by molar-refractivity contribution is 5.93. The highest BCUT2D eigenvalue weighted by Crippen LogP contribution is 2.31. The molecule has 1 aromatic rings. The van der Waals surface area contributed by atoms with Crippen LogP contribution in [0.3, 0.4) is 0 Å². The van der Waals surface area contributed by atoms with Crippen LogP contribution in [0, 0.1) is 10.1 Å². The molecule has 2 aliphatic rings. The third kappa shape index (κ3) is 4.86. The third-order valence-electron chi connectivity index (χ3n) is 5.91. The van der Waals surface area contributed by atoms with Gasteiger partial charge in [0.05, 0.1) is 10.5 Å². The van der Waals surface area contributed by atoms with E-state index in [1.165, 1.54) is 12.1 Å². The molecule has 2 heterocycles. The van der Waals surface area contributed by atoms with Crippen molar-refractivity contribution in [2.45, 2.75) is 64.5 Å². The van der Waals surface area contributed by atoms with Crippen LogP contribution in [0.2, 0.25) is 0 Å². The van der Waals surface area contributed by atoms with E-state index in [4.69, 9.17) is 4.74 Å². The summed E-state index contributed by atoms with van der Waals surface area (Å²) in [6.07, 6.45) is 6.07. The summed E-state index contributed by atoms with van der Waals surface area (Å²) in [7, 11) is 0. The molecule has 0 aromatic heterocycles. The van der Waals surface area contributed by atoms with Crippen molar-refractivity contribution in [3.05, 3.63) is 33.9 Å². The number of hydrogen-bond donors (Lipinski definition) is 0. The Kier molecular flexibility index (Phi) is 6.71. The molecule has 2 saturated heterocycles. The molecule has 0 unspecified atom stereocenters. The summed E-state index contributed by atoms with van der Waals surface area (Å²) in [6.45, 7) is 5.18. The van der Waals surface area contributed by atoms with Crippen LogP contribution in [0.25, 0.3) is 0 Å². The van der Waals surface area contributed by atoms with Gasteiger partial charge in [-0.25, -0.2) is 4.79 Å². The van der Waals surface area contributed by atoms with E-state index in [0.717, 1.165) is 51.6 Å². The van der Waals surface area contributed by atoms with Gasteiger partial charge in [-0.05, 0) is 64.5 Å². The number of nitro groups is 1. The smallest absolute Gasteiger partial charge is 0.338 e. The Morgan fingerprint density at radius 3 is 2.38 bits per heavy atom. The van der Waals surface area contributed by atoms with E-state index >= 15 is 0 Å². The second-order valence-electron chi connectivity index (χ2n) is 8.01. The number of esters is 1. The van der Waals surface area contributed by atoms with Crippen LogP contribution < -0.4 is 4.90 Å². The highest BCUT2D eigenvalue weighted by atomic mass is 16.6. The number of piperidine rings is 2. The van der Waals surface area contributed by atoms with Crippen LogP contribution >= 0.6 is 0 Å². The number of benzene rings is 1. The van der Waals surface area contributed by atoms with Gasteiger partial charge in [-0.2, -0.15) is 0 Å². The van der Waals surface area contributed by atoms with Gasteiger partial charge in [0, 0.05) is 31.2 Å². The highest BCUT2D eigenvalue weighted by Gasteiger charge is 2.30. The summed E-state index contributed by atoms with van der Waals surface area (Å²) in [4.78, 5) is 39.8. The van der Waals surface area contributed by atoms with Gasteiger partial charge in [0.1, 0.15) is 5.69 Å². The van der Waals surface area contributed by atoms with Crippen LogP contribution in [-0.4, -0.2) is 53.5 Å². The fraction of sp³-hybridized carbons (Fsp3) is 0.619. The number of hydrogen-bond acceptors (Lipinski definition) is 6. The van der Waals surface area contributed by atoms with Crippen molar-refractivity contribution < 1.29 is 19.2 Å². The van der Waals surface area contributed by atoms with Gasteiger partial charge < -0.3 is 14.5 Å². The van der Waals surface area contributed by atoms with Crippen molar-refractivity contribution in [1.29, 1.82) is 0 Å². The number of ether oxygens (including phenoxy) is 1. The molecule has 2 fully saturated rings. The number of nitro benzene ring substituents is 1. The monoisotopic (exact) mass is 403 g/mol. The Hall–Kier alpha value is -2.64. The number of amides is 1. The van der Waals surface area contributed by atoms with E-state index in [1.54, 1.807) is 11.0 Å². The fourth-order valence-corrected chi connectivity index (χ4v) is 4.40. The van der Waals surface area contributed by atoms with E-state index in [2.05, 4.69) is 0 Å². The van der Waals surface area contributed by atoms with Gasteiger partial charge in [-0.1, -0.05) is 0 Å². The second kappa shape index (κ2) is 9.24. The molecule has 3 rings (SSSR count). The topological polar surface area (TPSA) is 93.0 Å². The van der Waals surface area contributed by atoms with Crippen LogP contribution in [0.15, 0.2) is 18.2 Å². The molecule has 1 amide bonds. The van der Waals surface area contributed by atoms with Crippen molar-refractivity contribution in [3.8, 4) is 0 Å². The first-order chi connectivity index (χ1) is 13.9. The predicted octanol–water partition coefficient (Wildman–Crippen LogP) is 3.53. The zero-order valence-electron chi connectivity index (χ0n) is 17.1. The normalized spacial score (nSPS) is 22.3. The first-order valence-electron chi connectivity index (χ1n) is 10.4. The zero-order valence-corrected chi connectivity index (χ0v) is 17.1. The minimum Gasteiger partial charge on any atom is -0.452 e. The minimum absolute atomic E-state index is 0.0880. The molecule has 29 heavy (non-hydrogen) atoms. The zero-order chi connectivity index (χ0) is 21.0. The minimum atomic E-state index is -0.719. The van der Waals surface area contributed by atoms with Gasteiger partial charge in [0.15, 0.2) is 6.61 Å². The van der Waals surface area contributed by atoms with Crippen molar-refractivity contribution in [2.75, 3.05) is 24.6 Å². The Bertz CT molecular complexity index is 766. The van der Waals surface area contributed by atoms with E-state index in [9.17, 15) is 19.7 Å². The number of nitrogens with zero attached hydrogens (tertiary/aromatic N) is 3. The molecule has 0 bridgehead atoms. The van der Waals surface area contributed by atoms with Gasteiger partial charge in [0.2, 0.25) is 0 Å². The number of anilines is 1. The first-order valence-corrected chi connectivity index (χ1v) is 10.4. The first kappa shape index (κ1) is 21.1. The van der Waals surface area contributed by atoms with E-state index < -0.39 is 10.9 Å². The maximum absolute atomic E-state index is 12.5. The molecule has 0 aliphatic carbocycles. The van der Waals surface area contributed by atoms with E-state index in [0.29, 0.717) is 5.69 Å². The van der Waals surface area contributed by atoms with E-state index in [1.807, 2.05) is 18.7 Å². The summed E-state index contributed by atoms with van der Waals surface area (Å²) in [5.74, 6) is -0.943. The molecule has 158 valence electrons. The quantitative estimate of drug-likeness (QED) is 0.424. The van der Waals surface area contributed by atoms with Crippen LogP contribution in [-0.2, 0) is 9.53 Å². The summed E-state index contributed by atoms with van der Waals surface area (Å²) in [6, 6.07) is 4.64. The van der Waals surface area contributed by atoms with Crippen molar-refractivity contribution in [2.24, 2.45) is 0 Å². The molecule has 0 radical (unpaired) electrons. The molecular formula is C21H29N3O5. The fourth-order valence-electron chi connectivity index (χ4n) is 4.40. The maximum Gasteiger partial charge on any atom is 0.338 e. The van der Waals surface area contributed by atoms with Gasteiger partial charge in [-0.15, -0.1) is 0 Å². The van der Waals surface area contributed by atoms with Gasteiger partial charge in [0.25, 0.3) is 11.6 Å². The SMILES string of the molecule is C[C@H]1CCC[C@H](C)N1C(=O)COC(=O)c1ccc(N2CCCCC2)c([N+](=O)[O-])c1. The summed E-state index contributed by atoms with van der Waals surface area (Å²) >= 11 is 0. The molecule has 1 aromatic carbocycles. The van der Waals surface area contributed by atoms with Gasteiger partial charge >= 0.3 is 5.97 Å². The van der Waals surface area contributed by atoms with Gasteiger partial charge in [-0.3, -0.25) is 14.9 Å². The van der Waals surface area contributed by atoms with Crippen molar-refractivity contribution in [3.63, 3.8) is 0 Å². The average Bonchev–Trinajstić information content (AvgIpc) is 2.72. The molecule has 0 saturated carbocycles. The lowest BCUT2D eigenvalue weighted by atomic mass is 9.97. The Morgan fingerprint density at radius 2 is 1.76 bits per heavy atom. The Balaban J connectivity index is 1.68. The standard InChI is InChI=1S/C21H29N3O5/c1-15-7-6-8-16(2)23(15)20(25)14-29-21(26)17-9-10-18(19(13-17)24(27)28)22-11-4-3-5-12-22/h9-10,13,15-16H,3-8,11-12,14H2,1-2H3/t15-,16-/m0/s1. The van der Waals surface area contributed by atoms with Crippen LogP contribution in [0.4, 0.5) is 11.4 Å². The maximum atomic E-state index is 12.5. The number of carbonyl (C=O) groups is 2. The van der Waals surface area contributed by atoms with Crippen molar-refractivity contribution in [1.82, 2.24) is 4.90 Å². The van der Waals surface area contributed by atoms with Crippen LogP contribution in [0.1, 0.15) is 62.7 Å². The number of carbonyl (C=O) groups excluding carboxylic acids is 2. The molecule has 0 spiro atoms. The molecule has 2 atom stereocenters. The number of rotatable bonds is 5. The number of likely N-dealkylation sites (tertiary alicyclic amines) is 1. The van der Waals surface area contributed by atoms with Crippen molar-refractivity contribution >= 4 is 23.3 Å². The summed E-state index contributed by atoms with van der Waals surface area (Å²) in [5.41, 5.74) is 0.509. The van der Waals surface area contributed by atoms with Crippen LogP contribution in [0.5, 0.6) is 0 Å². The Labute approximate surface area is 171 Å². The molecule has 2 aliphatic heterocycles. The molecule has 8 nitrogen and oxygen atoms in total. The average molecular weight is 403 g/mol. The summed E-state index contributed by atoms with van der Waals surface area (Å²) < 4.78 is 5.19. The lowest BCUT2D eigenvalue weighted by Gasteiger charge is -2.38. The summed E-state index contributed by atoms with van der Waals surface area (Å²) in [5, 5.41) is 11.6. The lowest BCUT2D eigenvalue weighted by molar-refractivity contribution is -0.384. The third-order valence-corrected chi connectivity index (χ3v) is 5.91. The second-order valence-corrected chi connectivity index (χ2v) is 8.01. The van der Waals surface area contributed by atoms with E-state index in [-0.39, 0.29) is 35.8 Å². The molecule has 8 heteroatoms. The largest absolute Gasteiger partial charge is 0.452 e. The molecule has 0 N–H and O–H groups in total. The Morgan fingerprint density at radius 1 is 1.10 bits per heavy atom. The predicted molar refractivity (Wildman–Crippen MR) is 109 cm³/mol. The lowest BCUT2D eigenvalue weighted by Crippen LogP contribution is -2.49.